The number of alkyl halides is 3. The van der Waals surface area contributed by atoms with Gasteiger partial charge in [-0.15, -0.1) is 23.5 Å². The van der Waals surface area contributed by atoms with Crippen molar-refractivity contribution in [1.29, 1.82) is 0 Å². The molecule has 1 aromatic carbocycles. The first-order valence-corrected chi connectivity index (χ1v) is 17.2. The fourth-order valence-corrected chi connectivity index (χ4v) is 7.78. The molecule has 0 radical (unpaired) electrons. The SMILES string of the molecule is CC(C)c1nc2c(c3c1C(c1ccc(OC(F)(F)F)cc1)OC31CCCC1)C(OS(C)(C)C(C)(C)C)CC(C)(C)C2. The fourth-order valence-electron chi connectivity index (χ4n) is 6.74. The summed E-state index contributed by atoms with van der Waals surface area (Å²) in [6, 6.07) is 6.18. The van der Waals surface area contributed by atoms with Crippen LogP contribution in [0.4, 0.5) is 13.2 Å². The molecule has 2 heterocycles. The molecule has 1 aromatic heterocycles. The molecule has 0 saturated heterocycles. The molecule has 2 aromatic rings. The second-order valence-electron chi connectivity index (χ2n) is 14.6. The third-order valence-corrected chi connectivity index (χ3v) is 13.0. The molecule has 5 rings (SSSR count). The van der Waals surface area contributed by atoms with Crippen LogP contribution in [0.5, 0.6) is 5.75 Å². The molecule has 8 heteroatoms. The van der Waals surface area contributed by atoms with Crippen LogP contribution in [0.3, 0.4) is 0 Å². The second-order valence-corrected chi connectivity index (χ2v) is 18.5. The lowest BCUT2D eigenvalue weighted by Crippen LogP contribution is -2.35. The molecule has 4 nitrogen and oxygen atoms in total. The van der Waals surface area contributed by atoms with E-state index in [0.717, 1.165) is 61.0 Å². The van der Waals surface area contributed by atoms with Crippen LogP contribution in [0.25, 0.3) is 0 Å². The Balaban J connectivity index is 1.71. The highest BCUT2D eigenvalue weighted by atomic mass is 32.3. The predicted molar refractivity (Wildman–Crippen MR) is 160 cm³/mol. The number of hydrogen-bond donors (Lipinski definition) is 0. The molecule has 0 N–H and O–H groups in total. The van der Waals surface area contributed by atoms with E-state index in [9.17, 15) is 13.2 Å². The van der Waals surface area contributed by atoms with Gasteiger partial charge < -0.3 is 13.7 Å². The van der Waals surface area contributed by atoms with E-state index in [1.54, 1.807) is 12.1 Å². The van der Waals surface area contributed by atoms with Crippen molar-refractivity contribution in [1.82, 2.24) is 4.98 Å². The van der Waals surface area contributed by atoms with Crippen molar-refractivity contribution in [3.63, 3.8) is 0 Å². The van der Waals surface area contributed by atoms with E-state index in [-0.39, 0.29) is 27.9 Å². The average molecular weight is 594 g/mol. The summed E-state index contributed by atoms with van der Waals surface area (Å²) < 4.78 is 57.1. The summed E-state index contributed by atoms with van der Waals surface area (Å²) in [6.07, 6.45) is 5.08. The smallest absolute Gasteiger partial charge is 0.406 e. The van der Waals surface area contributed by atoms with Crippen LogP contribution in [-0.4, -0.2) is 28.6 Å². The number of hydrogen-bond acceptors (Lipinski definition) is 4. The first kappa shape index (κ1) is 30.7. The monoisotopic (exact) mass is 593 g/mol. The molecule has 3 aliphatic rings. The summed E-state index contributed by atoms with van der Waals surface area (Å²) in [5.74, 6) is -0.0728. The lowest BCUT2D eigenvalue weighted by Gasteiger charge is -2.49. The zero-order valence-corrected chi connectivity index (χ0v) is 26.8. The number of fused-ring (bicyclic) bond motifs is 4. The number of halogens is 3. The van der Waals surface area contributed by atoms with E-state index in [0.29, 0.717) is 0 Å². The molecule has 0 bridgehead atoms. The van der Waals surface area contributed by atoms with Gasteiger partial charge in [0.15, 0.2) is 0 Å². The van der Waals surface area contributed by atoms with Gasteiger partial charge in [0.05, 0.1) is 11.7 Å². The molecule has 1 fully saturated rings. The van der Waals surface area contributed by atoms with E-state index >= 15 is 0 Å². The van der Waals surface area contributed by atoms with Gasteiger partial charge in [-0.2, -0.15) is 0 Å². The molecule has 1 spiro atoms. The van der Waals surface area contributed by atoms with Gasteiger partial charge >= 0.3 is 6.36 Å². The van der Waals surface area contributed by atoms with Crippen molar-refractivity contribution in [3.8, 4) is 5.75 Å². The topological polar surface area (TPSA) is 40.6 Å². The van der Waals surface area contributed by atoms with Crippen LogP contribution in [-0.2, 0) is 20.9 Å². The van der Waals surface area contributed by atoms with Crippen LogP contribution in [0, 0.1) is 5.41 Å². The minimum Gasteiger partial charge on any atom is -0.406 e. The van der Waals surface area contributed by atoms with Crippen LogP contribution in [0.1, 0.15) is 132 Å². The highest BCUT2D eigenvalue weighted by molar-refractivity contribution is 8.29. The maximum absolute atomic E-state index is 12.9. The number of rotatable bonds is 5. The Morgan fingerprint density at radius 3 is 2.15 bits per heavy atom. The molecular weight excluding hydrogens is 547 g/mol. The van der Waals surface area contributed by atoms with Crippen LogP contribution in [0.2, 0.25) is 0 Å². The highest BCUT2D eigenvalue weighted by Gasteiger charge is 2.53. The zero-order valence-electron chi connectivity index (χ0n) is 26.0. The molecule has 228 valence electrons. The van der Waals surface area contributed by atoms with Crippen LogP contribution < -0.4 is 4.74 Å². The largest absolute Gasteiger partial charge is 0.573 e. The standard InChI is InChI=1S/C33H46F3NO3S/c1-20(2)28-26-27(25-23(37-28)18-31(6,7)19-24(25)40-41(8,9)30(3,4)5)32(16-10-11-17-32)39-29(26)21-12-14-22(15-13-21)38-33(34,35)36/h12-15,20,24,29H,10-11,16-19H2,1-9H3. The van der Waals surface area contributed by atoms with Crippen molar-refractivity contribution < 1.29 is 26.8 Å². The van der Waals surface area contributed by atoms with E-state index < -0.39 is 28.4 Å². The van der Waals surface area contributed by atoms with E-state index in [1.165, 1.54) is 23.3 Å². The third-order valence-electron chi connectivity index (χ3n) is 9.35. The van der Waals surface area contributed by atoms with Crippen molar-refractivity contribution >= 4 is 10.3 Å². The Hall–Kier alpha value is -1.77. The van der Waals surface area contributed by atoms with Gasteiger partial charge in [-0.25, -0.2) is 0 Å². The molecule has 2 atom stereocenters. The molecule has 2 unspecified atom stereocenters. The molecule has 1 saturated carbocycles. The lowest BCUT2D eigenvalue weighted by atomic mass is 9.70. The maximum atomic E-state index is 12.9. The molecule has 41 heavy (non-hydrogen) atoms. The highest BCUT2D eigenvalue weighted by Crippen LogP contribution is 2.63. The molecule has 2 aliphatic carbocycles. The summed E-state index contributed by atoms with van der Waals surface area (Å²) in [5, 5.41) is 0. The minimum absolute atomic E-state index is 0.00748. The Morgan fingerprint density at radius 1 is 1.00 bits per heavy atom. The van der Waals surface area contributed by atoms with E-state index in [2.05, 4.69) is 65.7 Å². The van der Waals surface area contributed by atoms with E-state index in [1.807, 2.05) is 0 Å². The van der Waals surface area contributed by atoms with Crippen molar-refractivity contribution in [3.05, 3.63) is 57.9 Å². The normalized spacial score (nSPS) is 24.0. The third kappa shape index (κ3) is 5.77. The number of aromatic nitrogens is 1. The Bertz CT molecular complexity index is 1290. The number of pyridine rings is 1. The lowest BCUT2D eigenvalue weighted by molar-refractivity contribution is -0.274. The quantitative estimate of drug-likeness (QED) is 0.346. The summed E-state index contributed by atoms with van der Waals surface area (Å²) in [6.45, 7) is 15.7. The Kier molecular flexibility index (Phi) is 7.60. The van der Waals surface area contributed by atoms with E-state index in [4.69, 9.17) is 13.9 Å². The minimum atomic E-state index is -4.73. The van der Waals surface area contributed by atoms with Crippen molar-refractivity contribution in [2.24, 2.45) is 5.41 Å². The summed E-state index contributed by atoms with van der Waals surface area (Å²) in [7, 11) is -1.43. The molecule has 1 aliphatic heterocycles. The fraction of sp³-hybridized carbons (Fsp3) is 0.667. The Morgan fingerprint density at radius 2 is 1.61 bits per heavy atom. The van der Waals surface area contributed by atoms with Crippen molar-refractivity contribution in [2.45, 2.75) is 122 Å². The van der Waals surface area contributed by atoms with Gasteiger partial charge in [0.2, 0.25) is 0 Å². The van der Waals surface area contributed by atoms with Gasteiger partial charge in [0.25, 0.3) is 0 Å². The second kappa shape index (κ2) is 10.2. The molecule has 0 amide bonds. The number of benzene rings is 1. The summed E-state index contributed by atoms with van der Waals surface area (Å²) in [4.78, 5) is 5.39. The summed E-state index contributed by atoms with van der Waals surface area (Å²) >= 11 is 0. The predicted octanol–water partition coefficient (Wildman–Crippen LogP) is 9.80. The molecular formula is C33H46F3NO3S. The van der Waals surface area contributed by atoms with Gasteiger partial charge in [-0.05, 0) is 72.8 Å². The first-order chi connectivity index (χ1) is 18.8. The van der Waals surface area contributed by atoms with Gasteiger partial charge in [-0.1, -0.05) is 73.4 Å². The van der Waals surface area contributed by atoms with Crippen LogP contribution >= 0.6 is 10.3 Å². The number of nitrogens with zero attached hydrogens (tertiary/aromatic N) is 1. The average Bonchev–Trinajstić information content (AvgIpc) is 3.41. The Labute approximate surface area is 245 Å². The van der Waals surface area contributed by atoms with Gasteiger partial charge in [0.1, 0.15) is 11.9 Å². The van der Waals surface area contributed by atoms with Gasteiger partial charge in [0, 0.05) is 27.3 Å². The summed E-state index contributed by atoms with van der Waals surface area (Å²) in [5.41, 5.74) is 6.15. The maximum Gasteiger partial charge on any atom is 0.573 e. The van der Waals surface area contributed by atoms with Crippen LogP contribution in [0.15, 0.2) is 24.3 Å². The zero-order chi connectivity index (χ0) is 30.2. The number of ether oxygens (including phenoxy) is 2. The van der Waals surface area contributed by atoms with Crippen molar-refractivity contribution in [2.75, 3.05) is 12.5 Å². The first-order valence-electron chi connectivity index (χ1n) is 14.8. The van der Waals surface area contributed by atoms with Gasteiger partial charge in [-0.3, -0.25) is 4.98 Å².